The number of hydrogen-bond donors (Lipinski definition) is 1. The van der Waals surface area contributed by atoms with Crippen molar-refractivity contribution in [3.63, 3.8) is 0 Å². The van der Waals surface area contributed by atoms with Crippen LogP contribution in [0.5, 0.6) is 11.5 Å². The van der Waals surface area contributed by atoms with Crippen LogP contribution in [0.4, 0.5) is 5.69 Å². The zero-order valence-electron chi connectivity index (χ0n) is 22.9. The summed E-state index contributed by atoms with van der Waals surface area (Å²) in [5, 5.41) is 3.11. The van der Waals surface area contributed by atoms with Crippen LogP contribution in [0.3, 0.4) is 0 Å². The molecule has 2 amide bonds. The van der Waals surface area contributed by atoms with Gasteiger partial charge < -0.3 is 19.7 Å². The molecule has 1 atom stereocenters. The van der Waals surface area contributed by atoms with E-state index in [2.05, 4.69) is 5.32 Å². The summed E-state index contributed by atoms with van der Waals surface area (Å²) >= 11 is 0. The Labute approximate surface area is 226 Å². The highest BCUT2D eigenvalue weighted by Crippen LogP contribution is 2.34. The first-order chi connectivity index (χ1) is 18.1. The van der Waals surface area contributed by atoms with Crippen LogP contribution in [0.25, 0.3) is 0 Å². The van der Waals surface area contributed by atoms with Crippen LogP contribution in [-0.4, -0.2) is 64.2 Å². The highest BCUT2D eigenvalue weighted by molar-refractivity contribution is 7.92. The average molecular weight is 546 g/mol. The summed E-state index contributed by atoms with van der Waals surface area (Å²) in [4.78, 5) is 28.8. The SMILES string of the molecule is CC[C@H](C(=O)NC1CCCC1)N(Cc1cccc(C)c1)C(=O)CN(c1cc(OC)ccc1OC)S(C)(=O)=O. The van der Waals surface area contributed by atoms with Gasteiger partial charge in [-0.05, 0) is 43.9 Å². The van der Waals surface area contributed by atoms with E-state index >= 15 is 0 Å². The third-order valence-corrected chi connectivity index (χ3v) is 7.98. The third kappa shape index (κ3) is 7.40. The molecule has 0 heterocycles. The second-order valence-corrected chi connectivity index (χ2v) is 11.6. The molecule has 38 heavy (non-hydrogen) atoms. The Balaban J connectivity index is 1.98. The fourth-order valence-electron chi connectivity index (χ4n) is 4.88. The Hall–Kier alpha value is -3.27. The van der Waals surface area contributed by atoms with Gasteiger partial charge in [-0.15, -0.1) is 0 Å². The predicted octanol–water partition coefficient (Wildman–Crippen LogP) is 3.64. The number of methoxy groups -OCH3 is 2. The van der Waals surface area contributed by atoms with Crippen molar-refractivity contribution in [3.05, 3.63) is 53.6 Å². The number of anilines is 1. The zero-order valence-corrected chi connectivity index (χ0v) is 23.7. The van der Waals surface area contributed by atoms with Gasteiger partial charge in [-0.3, -0.25) is 13.9 Å². The van der Waals surface area contributed by atoms with Crippen molar-refractivity contribution >= 4 is 27.5 Å². The van der Waals surface area contributed by atoms with Crippen molar-refractivity contribution < 1.29 is 27.5 Å². The topological polar surface area (TPSA) is 105 Å². The number of sulfonamides is 1. The van der Waals surface area contributed by atoms with E-state index in [0.717, 1.165) is 47.4 Å². The molecule has 2 aromatic rings. The number of ether oxygens (including phenoxy) is 2. The molecule has 9 nitrogen and oxygen atoms in total. The Bertz CT molecular complexity index is 1230. The number of amides is 2. The summed E-state index contributed by atoms with van der Waals surface area (Å²) in [7, 11) is -1.00. The molecule has 0 aromatic heterocycles. The van der Waals surface area contributed by atoms with Crippen LogP contribution in [-0.2, 0) is 26.2 Å². The molecule has 0 radical (unpaired) electrons. The van der Waals surface area contributed by atoms with Gasteiger partial charge in [0.25, 0.3) is 0 Å². The van der Waals surface area contributed by atoms with E-state index < -0.39 is 28.5 Å². The van der Waals surface area contributed by atoms with Crippen molar-refractivity contribution in [1.82, 2.24) is 10.2 Å². The number of nitrogens with zero attached hydrogens (tertiary/aromatic N) is 2. The Morgan fingerprint density at radius 2 is 1.79 bits per heavy atom. The van der Waals surface area contributed by atoms with Crippen molar-refractivity contribution in [3.8, 4) is 11.5 Å². The first-order valence-corrected chi connectivity index (χ1v) is 14.8. The lowest BCUT2D eigenvalue weighted by atomic mass is 10.1. The average Bonchev–Trinajstić information content (AvgIpc) is 3.39. The van der Waals surface area contributed by atoms with Crippen LogP contribution in [0.15, 0.2) is 42.5 Å². The van der Waals surface area contributed by atoms with E-state index in [1.165, 1.54) is 25.2 Å². The van der Waals surface area contributed by atoms with E-state index in [1.807, 2.05) is 38.1 Å². The minimum atomic E-state index is -3.91. The number of carbonyl (C=O) groups excluding carboxylic acids is 2. The molecule has 1 aliphatic rings. The fraction of sp³-hybridized carbons (Fsp3) is 0.500. The Morgan fingerprint density at radius 1 is 1.08 bits per heavy atom. The number of rotatable bonds is 12. The van der Waals surface area contributed by atoms with Crippen molar-refractivity contribution in [2.24, 2.45) is 0 Å². The van der Waals surface area contributed by atoms with Crippen molar-refractivity contribution in [2.75, 3.05) is 31.3 Å². The molecular weight excluding hydrogens is 506 g/mol. The molecule has 1 aliphatic carbocycles. The minimum Gasteiger partial charge on any atom is -0.497 e. The summed E-state index contributed by atoms with van der Waals surface area (Å²) in [5.74, 6) is -0.0123. The standard InChI is InChI=1S/C28H39N3O6S/c1-6-24(28(33)29-22-12-7-8-13-22)30(18-21-11-9-10-20(2)16-21)27(32)19-31(38(5,34)35)25-17-23(36-3)14-15-26(25)37-4/h9-11,14-17,22,24H,6-8,12-13,18-19H2,1-5H3,(H,29,33)/t24-/m1/s1. The first-order valence-electron chi connectivity index (χ1n) is 12.9. The summed E-state index contributed by atoms with van der Waals surface area (Å²) in [6, 6.07) is 11.8. The molecule has 2 aromatic carbocycles. The number of hydrogen-bond acceptors (Lipinski definition) is 6. The van der Waals surface area contributed by atoms with E-state index in [4.69, 9.17) is 9.47 Å². The van der Waals surface area contributed by atoms with Gasteiger partial charge in [0.1, 0.15) is 24.1 Å². The molecule has 0 spiro atoms. The number of carbonyl (C=O) groups is 2. The van der Waals surface area contributed by atoms with Gasteiger partial charge in [0.2, 0.25) is 21.8 Å². The zero-order chi connectivity index (χ0) is 27.9. The number of aryl methyl sites for hydroxylation is 1. The molecule has 1 N–H and O–H groups in total. The molecule has 0 saturated heterocycles. The molecule has 1 saturated carbocycles. The number of benzene rings is 2. The maximum atomic E-state index is 13.9. The summed E-state index contributed by atoms with van der Waals surface area (Å²) in [6.07, 6.45) is 5.40. The lowest BCUT2D eigenvalue weighted by molar-refractivity contribution is -0.140. The fourth-order valence-corrected chi connectivity index (χ4v) is 5.73. The third-order valence-electron chi connectivity index (χ3n) is 6.86. The van der Waals surface area contributed by atoms with Crippen LogP contribution in [0, 0.1) is 6.92 Å². The maximum Gasteiger partial charge on any atom is 0.244 e. The normalized spacial score (nSPS) is 14.6. The minimum absolute atomic E-state index is 0.0982. The van der Waals surface area contributed by atoms with Crippen molar-refractivity contribution in [1.29, 1.82) is 0 Å². The summed E-state index contributed by atoms with van der Waals surface area (Å²) in [6.45, 7) is 3.49. The lowest BCUT2D eigenvalue weighted by Gasteiger charge is -2.33. The van der Waals surface area contributed by atoms with Crippen LogP contribution < -0.4 is 19.1 Å². The monoisotopic (exact) mass is 545 g/mol. The smallest absolute Gasteiger partial charge is 0.244 e. The molecular formula is C28H39N3O6S. The second kappa shape index (κ2) is 13.0. The lowest BCUT2D eigenvalue weighted by Crippen LogP contribution is -2.53. The largest absolute Gasteiger partial charge is 0.497 e. The molecule has 3 rings (SSSR count). The molecule has 0 aliphatic heterocycles. The van der Waals surface area contributed by atoms with E-state index in [-0.39, 0.29) is 29.9 Å². The molecule has 0 unspecified atom stereocenters. The second-order valence-electron chi connectivity index (χ2n) is 9.73. The Kier molecular flexibility index (Phi) is 10.0. The van der Waals surface area contributed by atoms with Gasteiger partial charge in [-0.2, -0.15) is 0 Å². The maximum absolute atomic E-state index is 13.9. The van der Waals surface area contributed by atoms with E-state index in [0.29, 0.717) is 12.2 Å². The highest BCUT2D eigenvalue weighted by Gasteiger charge is 2.33. The van der Waals surface area contributed by atoms with Crippen LogP contribution >= 0.6 is 0 Å². The van der Waals surface area contributed by atoms with E-state index in [1.54, 1.807) is 12.1 Å². The van der Waals surface area contributed by atoms with Gasteiger partial charge in [0.05, 0.1) is 26.2 Å². The van der Waals surface area contributed by atoms with Gasteiger partial charge >= 0.3 is 0 Å². The van der Waals surface area contributed by atoms with E-state index in [9.17, 15) is 18.0 Å². The Morgan fingerprint density at radius 3 is 2.37 bits per heavy atom. The van der Waals surface area contributed by atoms with Gasteiger partial charge in [-0.1, -0.05) is 49.6 Å². The molecule has 0 bridgehead atoms. The quantitative estimate of drug-likeness (QED) is 0.437. The van der Waals surface area contributed by atoms with Crippen LogP contribution in [0.1, 0.15) is 50.2 Å². The number of nitrogens with one attached hydrogen (secondary N) is 1. The molecule has 10 heteroatoms. The predicted molar refractivity (Wildman–Crippen MR) is 148 cm³/mol. The summed E-state index contributed by atoms with van der Waals surface area (Å²) in [5.41, 5.74) is 2.06. The first kappa shape index (κ1) is 29.3. The van der Waals surface area contributed by atoms with Crippen LogP contribution in [0.2, 0.25) is 0 Å². The van der Waals surface area contributed by atoms with Crippen molar-refractivity contribution in [2.45, 2.75) is 64.6 Å². The molecule has 1 fully saturated rings. The van der Waals surface area contributed by atoms with Gasteiger partial charge in [-0.25, -0.2) is 8.42 Å². The summed E-state index contributed by atoms with van der Waals surface area (Å²) < 4.78 is 37.6. The molecule has 208 valence electrons. The highest BCUT2D eigenvalue weighted by atomic mass is 32.2. The van der Waals surface area contributed by atoms with Gasteiger partial charge in [0.15, 0.2) is 0 Å². The van der Waals surface area contributed by atoms with Gasteiger partial charge in [0, 0.05) is 18.7 Å².